The number of aryl methyl sites for hydroxylation is 1. The van der Waals surface area contributed by atoms with Crippen LogP contribution in [-0.4, -0.2) is 42.9 Å². The molecule has 0 aromatic heterocycles. The third-order valence-electron chi connectivity index (χ3n) is 7.57. The van der Waals surface area contributed by atoms with Gasteiger partial charge in [0.25, 0.3) is 11.8 Å². The standard InChI is InChI=1S/C33H37N3O2S/c1-24-9-7-19-35(22-24)20-8-18-34-32(37)27-16-14-26(15-17-27)21-31-33(38)36(23-28-11-4-3-10-25(28)2)29-12-5-6-13-30(29)39-31/h3-6,10-17,21,24H,7-9,18-20,22-23H2,1-2H3,(H,34,37)/b31-21+/t24-/m0/s1. The number of piperidine rings is 1. The quantitative estimate of drug-likeness (QED) is 0.261. The first kappa shape index (κ1) is 27.2. The molecule has 2 amide bonds. The summed E-state index contributed by atoms with van der Waals surface area (Å²) in [6, 6.07) is 23.7. The number of anilines is 1. The van der Waals surface area contributed by atoms with E-state index in [4.69, 9.17) is 0 Å². The zero-order valence-electron chi connectivity index (χ0n) is 22.9. The first-order chi connectivity index (χ1) is 19.0. The summed E-state index contributed by atoms with van der Waals surface area (Å²) in [5, 5.41) is 3.06. The van der Waals surface area contributed by atoms with E-state index in [0.29, 0.717) is 23.6 Å². The van der Waals surface area contributed by atoms with Gasteiger partial charge in [0.15, 0.2) is 0 Å². The molecule has 0 aliphatic carbocycles. The van der Waals surface area contributed by atoms with Gasteiger partial charge in [-0.25, -0.2) is 0 Å². The molecule has 0 spiro atoms. The van der Waals surface area contributed by atoms with Gasteiger partial charge in [0.1, 0.15) is 0 Å². The van der Waals surface area contributed by atoms with Crippen molar-refractivity contribution in [3.05, 3.63) is 100.0 Å². The van der Waals surface area contributed by atoms with Crippen LogP contribution >= 0.6 is 11.8 Å². The highest BCUT2D eigenvalue weighted by atomic mass is 32.2. The Bertz CT molecular complexity index is 1350. The van der Waals surface area contributed by atoms with Crippen LogP contribution in [0.1, 0.15) is 53.2 Å². The largest absolute Gasteiger partial charge is 0.352 e. The normalized spacial score (nSPS) is 18.7. The maximum atomic E-state index is 13.6. The van der Waals surface area contributed by atoms with Gasteiger partial charge in [-0.05, 0) is 92.2 Å². The van der Waals surface area contributed by atoms with Gasteiger partial charge >= 0.3 is 0 Å². The van der Waals surface area contributed by atoms with Crippen molar-refractivity contribution in [3.63, 3.8) is 0 Å². The van der Waals surface area contributed by atoms with Crippen molar-refractivity contribution in [2.75, 3.05) is 31.1 Å². The van der Waals surface area contributed by atoms with Crippen molar-refractivity contribution < 1.29 is 9.59 Å². The average Bonchev–Trinajstić information content (AvgIpc) is 2.94. The Morgan fingerprint density at radius 2 is 1.82 bits per heavy atom. The van der Waals surface area contributed by atoms with E-state index in [1.54, 1.807) is 0 Å². The summed E-state index contributed by atoms with van der Waals surface area (Å²) in [7, 11) is 0. The molecule has 5 rings (SSSR count). The van der Waals surface area contributed by atoms with E-state index in [-0.39, 0.29) is 11.8 Å². The van der Waals surface area contributed by atoms with Gasteiger partial charge in [-0.2, -0.15) is 0 Å². The fourth-order valence-electron chi connectivity index (χ4n) is 5.36. The number of carbonyl (C=O) groups excluding carboxylic acids is 2. The van der Waals surface area contributed by atoms with Crippen LogP contribution < -0.4 is 10.2 Å². The average molecular weight is 540 g/mol. The van der Waals surface area contributed by atoms with E-state index < -0.39 is 0 Å². The molecule has 1 atom stereocenters. The van der Waals surface area contributed by atoms with Crippen LogP contribution in [-0.2, 0) is 11.3 Å². The summed E-state index contributed by atoms with van der Waals surface area (Å²) < 4.78 is 0. The second-order valence-corrected chi connectivity index (χ2v) is 11.8. The number of nitrogens with zero attached hydrogens (tertiary/aromatic N) is 2. The molecule has 0 radical (unpaired) electrons. The molecule has 1 N–H and O–H groups in total. The second-order valence-electron chi connectivity index (χ2n) is 10.7. The highest BCUT2D eigenvalue weighted by Crippen LogP contribution is 2.42. The molecule has 0 unspecified atom stereocenters. The fraction of sp³-hybridized carbons (Fsp3) is 0.333. The second kappa shape index (κ2) is 12.7. The van der Waals surface area contributed by atoms with Crippen LogP contribution in [0.5, 0.6) is 0 Å². The summed E-state index contributed by atoms with van der Waals surface area (Å²) >= 11 is 1.50. The Morgan fingerprint density at radius 3 is 2.62 bits per heavy atom. The molecular formula is C33H37N3O2S. The van der Waals surface area contributed by atoms with E-state index >= 15 is 0 Å². The number of thioether (sulfide) groups is 1. The summed E-state index contributed by atoms with van der Waals surface area (Å²) in [4.78, 5) is 32.4. The highest BCUT2D eigenvalue weighted by Gasteiger charge is 2.29. The molecule has 2 heterocycles. The number of rotatable bonds is 8. The number of fused-ring (bicyclic) bond motifs is 1. The van der Waals surface area contributed by atoms with E-state index in [1.807, 2.05) is 65.6 Å². The topological polar surface area (TPSA) is 52.7 Å². The van der Waals surface area contributed by atoms with Gasteiger partial charge in [0.2, 0.25) is 0 Å². The number of para-hydroxylation sites is 1. The predicted molar refractivity (Wildman–Crippen MR) is 161 cm³/mol. The van der Waals surface area contributed by atoms with E-state index in [0.717, 1.165) is 40.6 Å². The van der Waals surface area contributed by atoms with Crippen LogP contribution in [0.4, 0.5) is 5.69 Å². The van der Waals surface area contributed by atoms with Crippen LogP contribution in [0.2, 0.25) is 0 Å². The molecule has 3 aromatic rings. The summed E-state index contributed by atoms with van der Waals surface area (Å²) in [6.07, 6.45) is 5.49. The molecule has 6 heteroatoms. The molecule has 202 valence electrons. The summed E-state index contributed by atoms with van der Waals surface area (Å²) in [5.74, 6) is 0.713. The zero-order valence-corrected chi connectivity index (χ0v) is 23.7. The summed E-state index contributed by atoms with van der Waals surface area (Å²) in [6.45, 7) is 8.97. The number of nitrogens with one attached hydrogen (secondary N) is 1. The Hall–Kier alpha value is -3.35. The Labute approximate surface area is 236 Å². The van der Waals surface area contributed by atoms with Gasteiger partial charge in [-0.1, -0.05) is 67.2 Å². The number of carbonyl (C=O) groups is 2. The van der Waals surface area contributed by atoms with Crippen molar-refractivity contribution in [2.45, 2.75) is 44.6 Å². The Kier molecular flexibility index (Phi) is 8.84. The first-order valence-electron chi connectivity index (χ1n) is 13.9. The lowest BCUT2D eigenvalue weighted by atomic mass is 10.0. The number of hydrogen-bond acceptors (Lipinski definition) is 4. The molecule has 2 aliphatic rings. The first-order valence-corrected chi connectivity index (χ1v) is 14.7. The number of amides is 2. The van der Waals surface area contributed by atoms with Gasteiger partial charge in [-0.3, -0.25) is 9.59 Å². The van der Waals surface area contributed by atoms with E-state index in [9.17, 15) is 9.59 Å². The van der Waals surface area contributed by atoms with E-state index in [2.05, 4.69) is 42.3 Å². The monoisotopic (exact) mass is 539 g/mol. The SMILES string of the molecule is Cc1ccccc1CN1C(=O)/C(=C\c2ccc(C(=O)NCCCN3CCC[C@H](C)C3)cc2)Sc2ccccc21. The molecule has 5 nitrogen and oxygen atoms in total. The fourth-order valence-corrected chi connectivity index (χ4v) is 6.41. The smallest absolute Gasteiger partial charge is 0.265 e. The molecule has 39 heavy (non-hydrogen) atoms. The van der Waals surface area contributed by atoms with Gasteiger partial charge in [0, 0.05) is 23.5 Å². The van der Waals surface area contributed by atoms with Crippen molar-refractivity contribution in [2.24, 2.45) is 5.92 Å². The lowest BCUT2D eigenvalue weighted by Crippen LogP contribution is -2.36. The Morgan fingerprint density at radius 1 is 1.05 bits per heavy atom. The van der Waals surface area contributed by atoms with Crippen molar-refractivity contribution in [1.29, 1.82) is 0 Å². The predicted octanol–water partition coefficient (Wildman–Crippen LogP) is 6.53. The van der Waals surface area contributed by atoms with Crippen molar-refractivity contribution in [3.8, 4) is 0 Å². The van der Waals surface area contributed by atoms with E-state index in [1.165, 1.54) is 43.3 Å². The van der Waals surface area contributed by atoms with Crippen LogP contribution in [0.3, 0.4) is 0 Å². The molecular weight excluding hydrogens is 502 g/mol. The third kappa shape index (κ3) is 6.81. The number of hydrogen-bond donors (Lipinski definition) is 1. The lowest BCUT2D eigenvalue weighted by molar-refractivity contribution is -0.114. The third-order valence-corrected chi connectivity index (χ3v) is 8.65. The number of benzene rings is 3. The van der Waals surface area contributed by atoms with Gasteiger partial charge in [-0.15, -0.1) is 0 Å². The molecule has 0 bridgehead atoms. The van der Waals surface area contributed by atoms with Gasteiger partial charge < -0.3 is 15.1 Å². The van der Waals surface area contributed by atoms with Crippen molar-refractivity contribution >= 4 is 35.3 Å². The summed E-state index contributed by atoms with van der Waals surface area (Å²) in [5.41, 5.74) is 4.78. The molecule has 0 saturated carbocycles. The molecule has 1 saturated heterocycles. The molecule has 3 aromatic carbocycles. The van der Waals surface area contributed by atoms with Gasteiger partial charge in [0.05, 0.1) is 17.1 Å². The van der Waals surface area contributed by atoms with Crippen LogP contribution in [0.15, 0.2) is 82.6 Å². The maximum Gasteiger partial charge on any atom is 0.265 e. The Balaban J connectivity index is 1.23. The molecule has 2 aliphatic heterocycles. The number of likely N-dealkylation sites (tertiary alicyclic amines) is 1. The van der Waals surface area contributed by atoms with Crippen LogP contribution in [0.25, 0.3) is 6.08 Å². The van der Waals surface area contributed by atoms with Crippen LogP contribution in [0, 0.1) is 12.8 Å². The van der Waals surface area contributed by atoms with Crippen molar-refractivity contribution in [1.82, 2.24) is 10.2 Å². The maximum absolute atomic E-state index is 13.6. The lowest BCUT2D eigenvalue weighted by Gasteiger charge is -2.31. The minimum absolute atomic E-state index is 0.00753. The minimum Gasteiger partial charge on any atom is -0.352 e. The highest BCUT2D eigenvalue weighted by molar-refractivity contribution is 8.04. The molecule has 1 fully saturated rings. The minimum atomic E-state index is -0.0531. The zero-order chi connectivity index (χ0) is 27.2.